The van der Waals surface area contributed by atoms with Crippen LogP contribution in [-0.2, 0) is 9.47 Å². The van der Waals surface area contributed by atoms with Crippen LogP contribution in [0, 0.1) is 0 Å². The van der Waals surface area contributed by atoms with Crippen molar-refractivity contribution in [1.82, 2.24) is 0 Å². The minimum atomic E-state index is -1.66. The fraction of sp³-hybridized carbons (Fsp3) is 0.625. The molecule has 1 fully saturated rings. The number of hydrogen-bond acceptors (Lipinski definition) is 10. The number of aliphatic hydroxyl groups is 6. The number of phenols is 1. The zero-order valence-electron chi connectivity index (χ0n) is 14.0. The summed E-state index contributed by atoms with van der Waals surface area (Å²) in [7, 11) is 1.33. The van der Waals surface area contributed by atoms with E-state index in [2.05, 4.69) is 0 Å². The van der Waals surface area contributed by atoms with Crippen molar-refractivity contribution in [2.45, 2.75) is 42.9 Å². The molecule has 1 aromatic rings. The SMILES string of the molecule is COc1cc([C@H](O)[C@H](CO)O[C@@H]2O[C@H](CO)[C@H](O)[C@H](O)[C@H]2O)ccc1O. The van der Waals surface area contributed by atoms with E-state index in [4.69, 9.17) is 14.2 Å². The van der Waals surface area contributed by atoms with Gasteiger partial charge in [-0.15, -0.1) is 0 Å². The van der Waals surface area contributed by atoms with E-state index in [1.165, 1.54) is 25.3 Å². The highest BCUT2D eigenvalue weighted by molar-refractivity contribution is 5.42. The van der Waals surface area contributed by atoms with Gasteiger partial charge in [0.05, 0.1) is 20.3 Å². The number of ether oxygens (including phenoxy) is 3. The van der Waals surface area contributed by atoms with Crippen LogP contribution in [0.15, 0.2) is 18.2 Å². The average Bonchev–Trinajstić information content (AvgIpc) is 2.65. The highest BCUT2D eigenvalue weighted by Gasteiger charge is 2.45. The van der Waals surface area contributed by atoms with Gasteiger partial charge >= 0.3 is 0 Å². The van der Waals surface area contributed by atoms with Gasteiger partial charge in [0.2, 0.25) is 0 Å². The van der Waals surface area contributed by atoms with Gasteiger partial charge in [-0.3, -0.25) is 0 Å². The van der Waals surface area contributed by atoms with Gasteiger partial charge in [0, 0.05) is 0 Å². The second-order valence-electron chi connectivity index (χ2n) is 5.93. The molecular weight excluding hydrogens is 352 g/mol. The predicted molar refractivity (Wildman–Crippen MR) is 85.3 cm³/mol. The van der Waals surface area contributed by atoms with Gasteiger partial charge in [0.1, 0.15) is 36.6 Å². The first-order valence-corrected chi connectivity index (χ1v) is 7.95. The van der Waals surface area contributed by atoms with E-state index in [0.29, 0.717) is 0 Å². The highest BCUT2D eigenvalue weighted by Crippen LogP contribution is 2.32. The van der Waals surface area contributed by atoms with Crippen molar-refractivity contribution in [3.05, 3.63) is 23.8 Å². The zero-order valence-corrected chi connectivity index (χ0v) is 14.0. The van der Waals surface area contributed by atoms with Gasteiger partial charge in [-0.1, -0.05) is 6.07 Å². The Labute approximate surface area is 149 Å². The van der Waals surface area contributed by atoms with Crippen LogP contribution in [0.4, 0.5) is 0 Å². The maximum absolute atomic E-state index is 10.4. The molecule has 1 aliphatic heterocycles. The summed E-state index contributed by atoms with van der Waals surface area (Å²) in [4.78, 5) is 0. The zero-order chi connectivity index (χ0) is 19.4. The van der Waals surface area contributed by atoms with E-state index in [9.17, 15) is 35.7 Å². The van der Waals surface area contributed by atoms with Gasteiger partial charge in [-0.05, 0) is 17.7 Å². The molecule has 0 saturated carbocycles. The van der Waals surface area contributed by atoms with Crippen molar-refractivity contribution >= 4 is 0 Å². The maximum Gasteiger partial charge on any atom is 0.187 e. The van der Waals surface area contributed by atoms with E-state index >= 15 is 0 Å². The molecule has 1 heterocycles. The summed E-state index contributed by atoms with van der Waals surface area (Å²) in [5.74, 6) is -0.0371. The standard InChI is InChI=1S/C16H24O10/c1-24-9-4-7(2-3-8(9)19)12(20)10(5-17)25-16-15(23)14(22)13(21)11(6-18)26-16/h2-4,10-23H,5-6H2,1H3/t10-,11+,12-,13-,14-,15+,16+/m0/s1. The molecule has 26 heavy (non-hydrogen) atoms. The van der Waals surface area contributed by atoms with Crippen LogP contribution in [0.5, 0.6) is 11.5 Å². The topological polar surface area (TPSA) is 169 Å². The Morgan fingerprint density at radius 2 is 1.81 bits per heavy atom. The molecule has 0 spiro atoms. The molecule has 2 rings (SSSR count). The third kappa shape index (κ3) is 4.24. The van der Waals surface area contributed by atoms with Crippen molar-refractivity contribution in [2.24, 2.45) is 0 Å². The molecule has 1 aromatic carbocycles. The van der Waals surface area contributed by atoms with Crippen molar-refractivity contribution in [3.63, 3.8) is 0 Å². The largest absolute Gasteiger partial charge is 0.504 e. The van der Waals surface area contributed by atoms with Gasteiger partial charge in [0.25, 0.3) is 0 Å². The maximum atomic E-state index is 10.4. The average molecular weight is 376 g/mol. The van der Waals surface area contributed by atoms with E-state index in [1.807, 2.05) is 0 Å². The summed E-state index contributed by atoms with van der Waals surface area (Å²) in [6.07, 6.45) is -10.2. The van der Waals surface area contributed by atoms with Crippen molar-refractivity contribution in [3.8, 4) is 11.5 Å². The first-order chi connectivity index (χ1) is 12.3. The number of aliphatic hydroxyl groups excluding tert-OH is 6. The highest BCUT2D eigenvalue weighted by atomic mass is 16.7. The van der Waals surface area contributed by atoms with Gasteiger partial charge in [-0.2, -0.15) is 0 Å². The lowest BCUT2D eigenvalue weighted by Crippen LogP contribution is -2.60. The minimum Gasteiger partial charge on any atom is -0.504 e. The molecule has 7 atom stereocenters. The van der Waals surface area contributed by atoms with E-state index in [0.717, 1.165) is 0 Å². The third-order valence-corrected chi connectivity index (χ3v) is 4.23. The van der Waals surface area contributed by atoms with E-state index in [-0.39, 0.29) is 17.1 Å². The molecule has 0 aromatic heterocycles. The van der Waals surface area contributed by atoms with Crippen LogP contribution >= 0.6 is 0 Å². The Morgan fingerprint density at radius 1 is 1.12 bits per heavy atom. The Kier molecular flexibility index (Phi) is 7.15. The monoisotopic (exact) mass is 376 g/mol. The molecule has 10 heteroatoms. The molecular formula is C16H24O10. The van der Waals surface area contributed by atoms with Crippen LogP contribution in [-0.4, -0.2) is 92.9 Å². The number of rotatable bonds is 7. The van der Waals surface area contributed by atoms with Gasteiger partial charge in [-0.25, -0.2) is 0 Å². The third-order valence-electron chi connectivity index (χ3n) is 4.23. The minimum absolute atomic E-state index is 0.103. The van der Waals surface area contributed by atoms with Crippen molar-refractivity contribution < 1.29 is 50.0 Å². The van der Waals surface area contributed by atoms with Gasteiger partial charge in [0.15, 0.2) is 17.8 Å². The fourth-order valence-electron chi connectivity index (χ4n) is 2.66. The number of aromatic hydroxyl groups is 1. The summed E-state index contributed by atoms with van der Waals surface area (Å²) in [6, 6.07) is 4.03. The van der Waals surface area contributed by atoms with Crippen LogP contribution in [0.1, 0.15) is 11.7 Å². The molecule has 0 amide bonds. The second-order valence-corrected chi connectivity index (χ2v) is 5.93. The molecule has 148 valence electrons. The molecule has 0 radical (unpaired) electrons. The molecule has 1 saturated heterocycles. The lowest BCUT2D eigenvalue weighted by molar-refractivity contribution is -0.319. The lowest BCUT2D eigenvalue weighted by atomic mass is 9.99. The van der Waals surface area contributed by atoms with Crippen LogP contribution in [0.3, 0.4) is 0 Å². The second kappa shape index (κ2) is 8.93. The van der Waals surface area contributed by atoms with Gasteiger partial charge < -0.3 is 50.0 Å². The Hall–Kier alpha value is -1.50. The Balaban J connectivity index is 2.15. The summed E-state index contributed by atoms with van der Waals surface area (Å²) >= 11 is 0. The van der Waals surface area contributed by atoms with Crippen LogP contribution in [0.2, 0.25) is 0 Å². The van der Waals surface area contributed by atoms with E-state index < -0.39 is 56.1 Å². The molecule has 0 aliphatic carbocycles. The first-order valence-electron chi connectivity index (χ1n) is 7.95. The molecule has 10 nitrogen and oxygen atoms in total. The molecule has 0 unspecified atom stereocenters. The smallest absolute Gasteiger partial charge is 0.187 e. The summed E-state index contributed by atoms with van der Waals surface area (Å²) in [6.45, 7) is -1.30. The van der Waals surface area contributed by atoms with Crippen LogP contribution in [0.25, 0.3) is 0 Å². The number of hydrogen-bond donors (Lipinski definition) is 7. The first kappa shape index (κ1) is 20.8. The normalized spacial score (nSPS) is 31.4. The predicted octanol–water partition coefficient (Wildman–Crippen LogP) is -2.39. The number of phenolic OH excluding ortho intramolecular Hbond substituents is 1. The quantitative estimate of drug-likeness (QED) is 0.272. The van der Waals surface area contributed by atoms with Crippen molar-refractivity contribution in [2.75, 3.05) is 20.3 Å². The van der Waals surface area contributed by atoms with E-state index in [1.54, 1.807) is 0 Å². The summed E-state index contributed by atoms with van der Waals surface area (Å²) in [5, 5.41) is 68.2. The van der Waals surface area contributed by atoms with Crippen molar-refractivity contribution in [1.29, 1.82) is 0 Å². The fourth-order valence-corrected chi connectivity index (χ4v) is 2.66. The summed E-state index contributed by atoms with van der Waals surface area (Å²) in [5.41, 5.74) is 0.253. The Morgan fingerprint density at radius 3 is 2.38 bits per heavy atom. The molecule has 0 bridgehead atoms. The number of methoxy groups -OCH3 is 1. The Bertz CT molecular complexity index is 580. The lowest BCUT2D eigenvalue weighted by Gasteiger charge is -2.41. The number of benzene rings is 1. The summed E-state index contributed by atoms with van der Waals surface area (Å²) < 4.78 is 15.5. The molecule has 1 aliphatic rings. The van der Waals surface area contributed by atoms with Crippen LogP contribution < -0.4 is 4.74 Å². The molecule has 7 N–H and O–H groups in total.